The van der Waals surface area contributed by atoms with E-state index in [1.54, 1.807) is 30.3 Å². The quantitative estimate of drug-likeness (QED) is 0.214. The fraction of sp³-hybridized carbons (Fsp3) is 0.609. The van der Waals surface area contributed by atoms with Crippen LogP contribution in [0.25, 0.3) is 0 Å². The number of hydrogen-bond donors (Lipinski definition) is 5. The lowest BCUT2D eigenvalue weighted by Gasteiger charge is -2.43. The second-order valence-corrected chi connectivity index (χ2v) is 9.02. The Hall–Kier alpha value is -2.29. The molecule has 0 spiro atoms. The summed E-state index contributed by atoms with van der Waals surface area (Å²) in [5.74, 6) is -1.09. The summed E-state index contributed by atoms with van der Waals surface area (Å²) in [6.07, 6.45) is -6.83. The summed E-state index contributed by atoms with van der Waals surface area (Å²) in [6.45, 7) is -1.02. The van der Waals surface area contributed by atoms with Crippen molar-refractivity contribution in [2.45, 2.75) is 54.8 Å². The predicted octanol–water partition coefficient (Wildman–Crippen LogP) is -1.72. The number of ether oxygens (including phenoxy) is 6. The molecule has 5 rings (SSSR count). The molecule has 12 nitrogen and oxygen atoms in total. The van der Waals surface area contributed by atoms with Crippen molar-refractivity contribution in [2.24, 2.45) is 11.8 Å². The highest BCUT2D eigenvalue weighted by atomic mass is 16.8. The minimum atomic E-state index is -1.63. The van der Waals surface area contributed by atoms with Gasteiger partial charge >= 0.3 is 5.97 Å². The van der Waals surface area contributed by atoms with Gasteiger partial charge in [-0.1, -0.05) is 0 Å². The van der Waals surface area contributed by atoms with E-state index < -0.39 is 85.8 Å². The van der Waals surface area contributed by atoms with Crippen LogP contribution in [-0.4, -0.2) is 107 Å². The van der Waals surface area contributed by atoms with Gasteiger partial charge in [0.25, 0.3) is 0 Å². The molecule has 4 aliphatic rings. The van der Waals surface area contributed by atoms with Gasteiger partial charge in [0.2, 0.25) is 6.29 Å². The molecule has 1 aliphatic carbocycles. The van der Waals surface area contributed by atoms with Crippen molar-refractivity contribution < 1.29 is 58.7 Å². The zero-order valence-electron chi connectivity index (χ0n) is 18.7. The fourth-order valence-electron chi connectivity index (χ4n) is 5.21. The summed E-state index contributed by atoms with van der Waals surface area (Å²) in [7, 11) is 1.52. The van der Waals surface area contributed by atoms with Crippen LogP contribution in [0.4, 0.5) is 0 Å². The van der Waals surface area contributed by atoms with E-state index in [-0.39, 0.29) is 0 Å². The number of rotatable bonds is 7. The van der Waals surface area contributed by atoms with Crippen LogP contribution in [0.1, 0.15) is 10.4 Å². The molecule has 0 radical (unpaired) electrons. The van der Waals surface area contributed by atoms with E-state index in [1.807, 2.05) is 0 Å². The fourth-order valence-corrected chi connectivity index (χ4v) is 5.21. The molecule has 3 heterocycles. The Balaban J connectivity index is 1.33. The van der Waals surface area contributed by atoms with Crippen LogP contribution in [-0.2, 0) is 23.7 Å². The average molecular weight is 496 g/mol. The molecule has 0 amide bonds. The Bertz CT molecular complexity index is 950. The smallest absolute Gasteiger partial charge is 0.338 e. The first-order valence-electron chi connectivity index (χ1n) is 11.3. The van der Waals surface area contributed by atoms with Gasteiger partial charge in [0, 0.05) is 5.92 Å². The van der Waals surface area contributed by atoms with E-state index in [2.05, 4.69) is 0 Å². The lowest BCUT2D eigenvalue weighted by atomic mass is 9.85. The number of benzene rings is 1. The zero-order valence-corrected chi connectivity index (χ0v) is 18.7. The minimum absolute atomic E-state index is 0.314. The molecular formula is C23H28O12. The van der Waals surface area contributed by atoms with E-state index in [9.17, 15) is 30.3 Å². The maximum absolute atomic E-state index is 12.8. The molecule has 12 heteroatoms. The predicted molar refractivity (Wildman–Crippen MR) is 113 cm³/mol. The standard InChI is InChI=1S/C23H28O12/c1-30-11-4-2-10(3-5-11)20(29)33-18-12-6-7-31-21(14(12)23(9-25)19(18)35-23)34-22-17(28)16(27)15(26)13(8-24)32-22/h2-7,12-19,21-22,24-28H,8-9H2,1H3. The molecule has 192 valence electrons. The highest BCUT2D eigenvalue weighted by molar-refractivity contribution is 5.89. The van der Waals surface area contributed by atoms with Crippen molar-refractivity contribution in [2.75, 3.05) is 20.3 Å². The van der Waals surface area contributed by atoms with Crippen LogP contribution in [0.2, 0.25) is 0 Å². The number of carbonyl (C=O) groups is 1. The zero-order chi connectivity index (χ0) is 24.9. The molecular weight excluding hydrogens is 468 g/mol. The number of fused-ring (bicyclic) bond motifs is 3. The van der Waals surface area contributed by atoms with Crippen molar-refractivity contribution >= 4 is 5.97 Å². The van der Waals surface area contributed by atoms with Gasteiger partial charge in [-0.25, -0.2) is 4.79 Å². The summed E-state index contributed by atoms with van der Waals surface area (Å²) >= 11 is 0. The molecule has 3 aliphatic heterocycles. The molecule has 11 atom stereocenters. The monoisotopic (exact) mass is 496 g/mol. The molecule has 1 saturated carbocycles. The molecule has 11 unspecified atom stereocenters. The maximum atomic E-state index is 12.8. The van der Waals surface area contributed by atoms with Crippen LogP contribution in [0.15, 0.2) is 36.6 Å². The van der Waals surface area contributed by atoms with E-state index in [1.165, 1.54) is 13.4 Å². The Morgan fingerprint density at radius 2 is 1.80 bits per heavy atom. The maximum Gasteiger partial charge on any atom is 0.338 e. The topological polar surface area (TPSA) is 177 Å². The number of hydrogen-bond acceptors (Lipinski definition) is 12. The molecule has 5 N–H and O–H groups in total. The molecule has 0 bridgehead atoms. The highest BCUT2D eigenvalue weighted by Crippen LogP contribution is 2.60. The Morgan fingerprint density at radius 3 is 2.46 bits per heavy atom. The summed E-state index contributed by atoms with van der Waals surface area (Å²) < 4.78 is 33.6. The van der Waals surface area contributed by atoms with Gasteiger partial charge in [-0.05, 0) is 30.3 Å². The first kappa shape index (κ1) is 24.4. The van der Waals surface area contributed by atoms with E-state index in [0.29, 0.717) is 11.3 Å². The lowest BCUT2D eigenvalue weighted by molar-refractivity contribution is -0.344. The lowest BCUT2D eigenvalue weighted by Crippen LogP contribution is -2.60. The van der Waals surface area contributed by atoms with Crippen molar-refractivity contribution in [3.05, 3.63) is 42.2 Å². The van der Waals surface area contributed by atoms with Gasteiger partial charge in [-0.3, -0.25) is 0 Å². The number of methoxy groups -OCH3 is 1. The van der Waals surface area contributed by atoms with Gasteiger partial charge in [-0.15, -0.1) is 0 Å². The number of epoxide rings is 1. The third-order valence-corrected chi connectivity index (χ3v) is 7.17. The first-order chi connectivity index (χ1) is 16.8. The molecule has 0 aromatic heterocycles. The van der Waals surface area contributed by atoms with Crippen LogP contribution >= 0.6 is 0 Å². The SMILES string of the molecule is COc1ccc(C(=O)OC2C3C=COC(OC4OC(CO)C(O)C(O)C4O)C3C3(CO)OC23)cc1. The third kappa shape index (κ3) is 3.99. The van der Waals surface area contributed by atoms with Gasteiger partial charge in [0.05, 0.1) is 38.1 Å². The number of esters is 1. The van der Waals surface area contributed by atoms with Crippen LogP contribution in [0.3, 0.4) is 0 Å². The number of aliphatic hydroxyl groups excluding tert-OH is 5. The normalized spacial score (nSPS) is 43.6. The van der Waals surface area contributed by atoms with Gasteiger partial charge in [-0.2, -0.15) is 0 Å². The largest absolute Gasteiger partial charge is 0.497 e. The van der Waals surface area contributed by atoms with Crippen LogP contribution in [0.5, 0.6) is 5.75 Å². The summed E-state index contributed by atoms with van der Waals surface area (Å²) in [5.41, 5.74) is -0.798. The van der Waals surface area contributed by atoms with Crippen LogP contribution in [0, 0.1) is 11.8 Å². The van der Waals surface area contributed by atoms with Crippen LogP contribution < -0.4 is 4.74 Å². The Labute approximate surface area is 200 Å². The van der Waals surface area contributed by atoms with Gasteiger partial charge in [0.1, 0.15) is 48.0 Å². The second-order valence-electron chi connectivity index (χ2n) is 9.02. The Morgan fingerprint density at radius 1 is 1.06 bits per heavy atom. The third-order valence-electron chi connectivity index (χ3n) is 7.17. The van der Waals surface area contributed by atoms with Crippen molar-refractivity contribution in [3.8, 4) is 5.75 Å². The molecule has 1 aromatic carbocycles. The molecule has 3 fully saturated rings. The van der Waals surface area contributed by atoms with E-state index >= 15 is 0 Å². The minimum Gasteiger partial charge on any atom is -0.497 e. The molecule has 35 heavy (non-hydrogen) atoms. The van der Waals surface area contributed by atoms with E-state index in [4.69, 9.17) is 28.4 Å². The van der Waals surface area contributed by atoms with Crippen molar-refractivity contribution in [3.63, 3.8) is 0 Å². The van der Waals surface area contributed by atoms with Gasteiger partial charge < -0.3 is 54.0 Å². The number of aliphatic hydroxyl groups is 5. The summed E-state index contributed by atoms with van der Waals surface area (Å²) in [4.78, 5) is 12.8. The second kappa shape index (κ2) is 9.30. The van der Waals surface area contributed by atoms with Crippen molar-refractivity contribution in [1.82, 2.24) is 0 Å². The summed E-state index contributed by atoms with van der Waals surface area (Å²) in [5, 5.41) is 50.0. The highest BCUT2D eigenvalue weighted by Gasteiger charge is 2.77. The summed E-state index contributed by atoms with van der Waals surface area (Å²) in [6, 6.07) is 6.42. The Kier molecular flexibility index (Phi) is 6.48. The van der Waals surface area contributed by atoms with E-state index in [0.717, 1.165) is 0 Å². The molecule has 1 aromatic rings. The van der Waals surface area contributed by atoms with Crippen molar-refractivity contribution in [1.29, 1.82) is 0 Å². The number of carbonyl (C=O) groups excluding carboxylic acids is 1. The average Bonchev–Trinajstić information content (AvgIpc) is 3.56. The van der Waals surface area contributed by atoms with Gasteiger partial charge in [0.15, 0.2) is 6.29 Å². The molecule has 2 saturated heterocycles. The first-order valence-corrected chi connectivity index (χ1v) is 11.3.